The molecule has 1 unspecified atom stereocenters. The van der Waals surface area contributed by atoms with Gasteiger partial charge in [0.05, 0.1) is 0 Å². The van der Waals surface area contributed by atoms with E-state index in [1.54, 1.807) is 0 Å². The molecule has 3 N–H and O–H groups in total. The number of rotatable bonds is 3. The van der Waals surface area contributed by atoms with Crippen molar-refractivity contribution >= 4 is 5.65 Å². The summed E-state index contributed by atoms with van der Waals surface area (Å²) in [7, 11) is 0. The number of pyridine rings is 1. The maximum Gasteiger partial charge on any atom is 0.161 e. The van der Waals surface area contributed by atoms with Crippen LogP contribution in [-0.4, -0.2) is 27.7 Å². The monoisotopic (exact) mass is 231 g/mol. The van der Waals surface area contributed by atoms with Crippen LogP contribution in [0.25, 0.3) is 5.65 Å². The average molecular weight is 231 g/mol. The lowest BCUT2D eigenvalue weighted by Gasteiger charge is -2.06. The SMILES string of the molecule is NCc1ccn2c(CC3CCNC3)nnc2c1. The van der Waals surface area contributed by atoms with Crippen molar-refractivity contribution in [3.05, 3.63) is 29.7 Å². The molecule has 17 heavy (non-hydrogen) atoms. The zero-order chi connectivity index (χ0) is 11.7. The van der Waals surface area contributed by atoms with Gasteiger partial charge in [-0.3, -0.25) is 4.40 Å². The minimum Gasteiger partial charge on any atom is -0.326 e. The molecule has 3 rings (SSSR count). The molecule has 0 amide bonds. The van der Waals surface area contributed by atoms with Gasteiger partial charge in [-0.1, -0.05) is 0 Å². The quantitative estimate of drug-likeness (QED) is 0.799. The fraction of sp³-hybridized carbons (Fsp3) is 0.500. The van der Waals surface area contributed by atoms with Crippen LogP contribution in [0.4, 0.5) is 0 Å². The van der Waals surface area contributed by atoms with Gasteiger partial charge in [0.2, 0.25) is 0 Å². The van der Waals surface area contributed by atoms with Crippen LogP contribution in [0.1, 0.15) is 17.8 Å². The van der Waals surface area contributed by atoms with Crippen molar-refractivity contribution < 1.29 is 0 Å². The minimum atomic E-state index is 0.547. The Balaban J connectivity index is 1.89. The van der Waals surface area contributed by atoms with E-state index >= 15 is 0 Å². The summed E-state index contributed by atoms with van der Waals surface area (Å²) in [5.74, 6) is 1.74. The molecule has 2 aromatic rings. The third kappa shape index (κ3) is 2.03. The Morgan fingerprint density at radius 1 is 1.47 bits per heavy atom. The van der Waals surface area contributed by atoms with E-state index in [4.69, 9.17) is 5.73 Å². The van der Waals surface area contributed by atoms with Crippen molar-refractivity contribution in [1.82, 2.24) is 19.9 Å². The summed E-state index contributed by atoms with van der Waals surface area (Å²) in [5, 5.41) is 11.9. The molecule has 90 valence electrons. The topological polar surface area (TPSA) is 68.2 Å². The highest BCUT2D eigenvalue weighted by molar-refractivity contribution is 5.41. The van der Waals surface area contributed by atoms with E-state index in [0.717, 1.165) is 36.5 Å². The van der Waals surface area contributed by atoms with Gasteiger partial charge in [0.15, 0.2) is 5.65 Å². The van der Waals surface area contributed by atoms with Gasteiger partial charge < -0.3 is 11.1 Å². The number of nitrogens with zero attached hydrogens (tertiary/aromatic N) is 3. The van der Waals surface area contributed by atoms with E-state index in [2.05, 4.69) is 19.9 Å². The highest BCUT2D eigenvalue weighted by Crippen LogP contribution is 2.15. The minimum absolute atomic E-state index is 0.547. The van der Waals surface area contributed by atoms with Gasteiger partial charge in [0.25, 0.3) is 0 Å². The van der Waals surface area contributed by atoms with Gasteiger partial charge in [-0.05, 0) is 43.1 Å². The Hall–Kier alpha value is -1.46. The number of hydrogen-bond acceptors (Lipinski definition) is 4. The standard InChI is InChI=1S/C12H17N5/c13-7-9-2-4-17-11(5-9)15-16-12(17)6-10-1-3-14-8-10/h2,4-5,10,14H,1,3,6-8,13H2. The highest BCUT2D eigenvalue weighted by atomic mass is 15.2. The first kappa shape index (κ1) is 10.7. The van der Waals surface area contributed by atoms with E-state index < -0.39 is 0 Å². The number of fused-ring (bicyclic) bond motifs is 1. The average Bonchev–Trinajstić information content (AvgIpc) is 2.99. The first-order valence-electron chi connectivity index (χ1n) is 6.10. The summed E-state index contributed by atoms with van der Waals surface area (Å²) in [5.41, 5.74) is 7.61. The Labute approximate surface area is 100 Å². The van der Waals surface area contributed by atoms with Crippen LogP contribution < -0.4 is 11.1 Å². The van der Waals surface area contributed by atoms with Crippen molar-refractivity contribution in [3.8, 4) is 0 Å². The van der Waals surface area contributed by atoms with Crippen LogP contribution in [0.5, 0.6) is 0 Å². The van der Waals surface area contributed by atoms with E-state index in [1.807, 2.05) is 18.3 Å². The summed E-state index contributed by atoms with van der Waals surface area (Å²) < 4.78 is 2.07. The second kappa shape index (κ2) is 4.43. The largest absolute Gasteiger partial charge is 0.326 e. The van der Waals surface area contributed by atoms with Crippen LogP contribution in [0.3, 0.4) is 0 Å². The van der Waals surface area contributed by atoms with E-state index in [0.29, 0.717) is 12.5 Å². The predicted octanol–water partition coefficient (Wildman–Crippen LogP) is 0.340. The van der Waals surface area contributed by atoms with Crippen LogP contribution in [0.15, 0.2) is 18.3 Å². The second-order valence-electron chi connectivity index (χ2n) is 4.65. The maximum absolute atomic E-state index is 5.61. The molecule has 1 aliphatic heterocycles. The van der Waals surface area contributed by atoms with Gasteiger partial charge in [0, 0.05) is 19.2 Å². The van der Waals surface area contributed by atoms with Gasteiger partial charge in [0.1, 0.15) is 5.82 Å². The van der Waals surface area contributed by atoms with Crippen LogP contribution in [0.2, 0.25) is 0 Å². The molecule has 1 aliphatic rings. The summed E-state index contributed by atoms with van der Waals surface area (Å²) >= 11 is 0. The van der Waals surface area contributed by atoms with Crippen molar-refractivity contribution in [2.75, 3.05) is 13.1 Å². The van der Waals surface area contributed by atoms with Crippen LogP contribution in [0, 0.1) is 5.92 Å². The summed E-state index contributed by atoms with van der Waals surface area (Å²) in [6, 6.07) is 4.04. The van der Waals surface area contributed by atoms with Crippen LogP contribution in [-0.2, 0) is 13.0 Å². The highest BCUT2D eigenvalue weighted by Gasteiger charge is 2.17. The van der Waals surface area contributed by atoms with Crippen molar-refractivity contribution in [2.24, 2.45) is 11.7 Å². The molecule has 1 atom stereocenters. The first-order chi connectivity index (χ1) is 8.36. The van der Waals surface area contributed by atoms with Gasteiger partial charge in [-0.2, -0.15) is 0 Å². The molecule has 0 saturated carbocycles. The maximum atomic E-state index is 5.61. The Kier molecular flexibility index (Phi) is 2.78. The fourth-order valence-corrected chi connectivity index (χ4v) is 2.40. The number of nitrogens with one attached hydrogen (secondary N) is 1. The summed E-state index contributed by atoms with van der Waals surface area (Å²) in [4.78, 5) is 0. The molecule has 0 bridgehead atoms. The third-order valence-electron chi connectivity index (χ3n) is 3.41. The normalized spacial score (nSPS) is 20.2. The molecule has 2 aromatic heterocycles. The lowest BCUT2D eigenvalue weighted by atomic mass is 10.0. The lowest BCUT2D eigenvalue weighted by Crippen LogP contribution is -2.12. The number of aromatic nitrogens is 3. The summed E-state index contributed by atoms with van der Waals surface area (Å²) in [6.45, 7) is 2.76. The van der Waals surface area contributed by atoms with E-state index in [9.17, 15) is 0 Å². The lowest BCUT2D eigenvalue weighted by molar-refractivity contribution is 0.558. The number of nitrogens with two attached hydrogens (primary N) is 1. The molecule has 1 saturated heterocycles. The Bertz CT molecular complexity index is 513. The first-order valence-corrected chi connectivity index (χ1v) is 6.10. The molecular weight excluding hydrogens is 214 g/mol. The molecule has 1 fully saturated rings. The molecular formula is C12H17N5. The third-order valence-corrected chi connectivity index (χ3v) is 3.41. The van der Waals surface area contributed by atoms with Crippen molar-refractivity contribution in [3.63, 3.8) is 0 Å². The number of hydrogen-bond donors (Lipinski definition) is 2. The van der Waals surface area contributed by atoms with E-state index in [-0.39, 0.29) is 0 Å². The predicted molar refractivity (Wildman–Crippen MR) is 65.6 cm³/mol. The molecule has 5 nitrogen and oxygen atoms in total. The van der Waals surface area contributed by atoms with Crippen molar-refractivity contribution in [1.29, 1.82) is 0 Å². The molecule has 0 radical (unpaired) electrons. The summed E-state index contributed by atoms with van der Waals surface area (Å²) in [6.07, 6.45) is 4.25. The molecule has 3 heterocycles. The van der Waals surface area contributed by atoms with Crippen LogP contribution >= 0.6 is 0 Å². The molecule has 0 aliphatic carbocycles. The zero-order valence-electron chi connectivity index (χ0n) is 9.76. The smallest absolute Gasteiger partial charge is 0.161 e. The Morgan fingerprint density at radius 2 is 2.41 bits per heavy atom. The zero-order valence-corrected chi connectivity index (χ0v) is 9.76. The molecule has 5 heteroatoms. The van der Waals surface area contributed by atoms with E-state index in [1.165, 1.54) is 6.42 Å². The molecule has 0 aromatic carbocycles. The van der Waals surface area contributed by atoms with Crippen molar-refractivity contribution in [2.45, 2.75) is 19.4 Å². The van der Waals surface area contributed by atoms with Gasteiger partial charge in [-0.15, -0.1) is 10.2 Å². The van der Waals surface area contributed by atoms with Gasteiger partial charge in [-0.25, -0.2) is 0 Å². The Morgan fingerprint density at radius 3 is 3.18 bits per heavy atom. The molecule has 0 spiro atoms. The van der Waals surface area contributed by atoms with Gasteiger partial charge >= 0.3 is 0 Å². The fourth-order valence-electron chi connectivity index (χ4n) is 2.40. The second-order valence-corrected chi connectivity index (χ2v) is 4.65.